The normalized spacial score (nSPS) is 19.7. The number of carbonyl (C=O) groups is 1. The molecule has 8 nitrogen and oxygen atoms in total. The van der Waals surface area contributed by atoms with Gasteiger partial charge < -0.3 is 14.2 Å². The summed E-state index contributed by atoms with van der Waals surface area (Å²) in [4.78, 5) is 26.4. The van der Waals surface area contributed by atoms with Crippen molar-refractivity contribution in [3.05, 3.63) is 98.6 Å². The molecule has 0 saturated heterocycles. The van der Waals surface area contributed by atoms with E-state index in [1.807, 2.05) is 37.3 Å². The Morgan fingerprint density at radius 2 is 1.71 bits per heavy atom. The van der Waals surface area contributed by atoms with Crippen LogP contribution in [0.4, 0.5) is 10.5 Å². The standard InChI is InChI=1S/C26H24N2O6/c1-26-19-10-6-4-8-16(19)12-22(18-9-5-7-11-20(18)26)27(26)25(29)34-15-17-13-23(32-2)24(33-3)14-21(17)28(30)31/h4-11,13-14,22H,12,15H2,1-3H3/t22-,26+/m1/s1. The van der Waals surface area contributed by atoms with E-state index in [4.69, 9.17) is 14.2 Å². The maximum Gasteiger partial charge on any atom is 0.411 e. The molecule has 2 aliphatic rings. The molecule has 0 fully saturated rings. The minimum atomic E-state index is -0.698. The highest BCUT2D eigenvalue weighted by molar-refractivity contribution is 5.75. The van der Waals surface area contributed by atoms with Gasteiger partial charge >= 0.3 is 6.09 Å². The predicted octanol–water partition coefficient (Wildman–Crippen LogP) is 5.13. The molecule has 0 radical (unpaired) electrons. The van der Waals surface area contributed by atoms with Crippen molar-refractivity contribution in [2.75, 3.05) is 14.2 Å². The Morgan fingerprint density at radius 3 is 2.41 bits per heavy atom. The van der Waals surface area contributed by atoms with Gasteiger partial charge in [0, 0.05) is 0 Å². The smallest absolute Gasteiger partial charge is 0.411 e. The van der Waals surface area contributed by atoms with Crippen LogP contribution in [0.2, 0.25) is 0 Å². The van der Waals surface area contributed by atoms with Crippen molar-refractivity contribution in [2.45, 2.75) is 31.5 Å². The van der Waals surface area contributed by atoms with Gasteiger partial charge in [-0.05, 0) is 41.7 Å². The second-order valence-corrected chi connectivity index (χ2v) is 8.55. The minimum Gasteiger partial charge on any atom is -0.493 e. The summed E-state index contributed by atoms with van der Waals surface area (Å²) in [5.41, 5.74) is 3.75. The van der Waals surface area contributed by atoms with E-state index >= 15 is 0 Å². The molecule has 174 valence electrons. The van der Waals surface area contributed by atoms with Gasteiger partial charge in [-0.15, -0.1) is 0 Å². The van der Waals surface area contributed by atoms with Gasteiger partial charge in [-0.2, -0.15) is 0 Å². The molecule has 3 aromatic carbocycles. The van der Waals surface area contributed by atoms with Crippen LogP contribution in [0.3, 0.4) is 0 Å². The van der Waals surface area contributed by atoms with Gasteiger partial charge in [0.2, 0.25) is 0 Å². The Bertz CT molecular complexity index is 1290. The molecule has 2 heterocycles. The zero-order valence-corrected chi connectivity index (χ0v) is 19.1. The summed E-state index contributed by atoms with van der Waals surface area (Å²) >= 11 is 0. The first kappa shape index (κ1) is 21.8. The van der Waals surface area contributed by atoms with Crippen molar-refractivity contribution in [1.29, 1.82) is 0 Å². The van der Waals surface area contributed by atoms with Crippen molar-refractivity contribution >= 4 is 11.8 Å². The lowest BCUT2D eigenvalue weighted by molar-refractivity contribution is -0.385. The number of hydrogen-bond acceptors (Lipinski definition) is 6. The fourth-order valence-electron chi connectivity index (χ4n) is 5.38. The highest BCUT2D eigenvalue weighted by Crippen LogP contribution is 2.55. The molecule has 2 bridgehead atoms. The summed E-state index contributed by atoms with van der Waals surface area (Å²) < 4.78 is 16.2. The first-order chi connectivity index (χ1) is 16.4. The number of fused-ring (bicyclic) bond motifs is 7. The van der Waals surface area contributed by atoms with Gasteiger partial charge in [0.15, 0.2) is 11.5 Å². The molecular weight excluding hydrogens is 436 g/mol. The van der Waals surface area contributed by atoms with E-state index in [1.54, 1.807) is 4.90 Å². The van der Waals surface area contributed by atoms with Crippen molar-refractivity contribution in [3.63, 3.8) is 0 Å². The SMILES string of the molecule is COc1cc(COC(=O)N2[C@@H]3Cc4ccccc4[C@@]2(C)c2ccccc23)c([N+](=O)[O-])cc1OC. The molecule has 0 N–H and O–H groups in total. The molecule has 0 saturated carbocycles. The van der Waals surface area contributed by atoms with E-state index in [-0.39, 0.29) is 29.6 Å². The summed E-state index contributed by atoms with van der Waals surface area (Å²) in [5, 5.41) is 11.6. The van der Waals surface area contributed by atoms with Crippen LogP contribution in [-0.4, -0.2) is 30.1 Å². The Morgan fingerprint density at radius 1 is 1.06 bits per heavy atom. The van der Waals surface area contributed by atoms with Crippen LogP contribution in [0.5, 0.6) is 11.5 Å². The Labute approximate surface area is 196 Å². The topological polar surface area (TPSA) is 91.1 Å². The van der Waals surface area contributed by atoms with Crippen LogP contribution < -0.4 is 9.47 Å². The molecule has 8 heteroatoms. The number of hydrogen-bond donors (Lipinski definition) is 0. The average Bonchev–Trinajstić information content (AvgIpc) is 3.04. The van der Waals surface area contributed by atoms with Crippen LogP contribution in [0, 0.1) is 10.1 Å². The quantitative estimate of drug-likeness (QED) is 0.387. The number of methoxy groups -OCH3 is 2. The average molecular weight is 460 g/mol. The molecule has 0 unspecified atom stereocenters. The van der Waals surface area contributed by atoms with Gasteiger partial charge in [-0.25, -0.2) is 4.79 Å². The zero-order chi connectivity index (χ0) is 24.0. The van der Waals surface area contributed by atoms with Crippen molar-refractivity contribution in [1.82, 2.24) is 4.90 Å². The summed E-state index contributed by atoms with van der Waals surface area (Å²) in [5.74, 6) is 0.559. The minimum absolute atomic E-state index is 0.177. The van der Waals surface area contributed by atoms with Gasteiger partial charge in [-0.1, -0.05) is 48.5 Å². The number of benzene rings is 3. The van der Waals surface area contributed by atoms with E-state index in [0.717, 1.165) is 16.7 Å². The Hall–Kier alpha value is -4.07. The van der Waals surface area contributed by atoms with E-state index in [2.05, 4.69) is 18.2 Å². The highest BCUT2D eigenvalue weighted by atomic mass is 16.6. The Balaban J connectivity index is 1.50. The number of nitro benzene ring substituents is 1. The largest absolute Gasteiger partial charge is 0.493 e. The second-order valence-electron chi connectivity index (χ2n) is 8.55. The monoisotopic (exact) mass is 460 g/mol. The molecule has 0 spiro atoms. The fraction of sp³-hybridized carbons (Fsp3) is 0.269. The van der Waals surface area contributed by atoms with E-state index < -0.39 is 16.6 Å². The van der Waals surface area contributed by atoms with Crippen LogP contribution in [0.25, 0.3) is 0 Å². The van der Waals surface area contributed by atoms with Crippen LogP contribution >= 0.6 is 0 Å². The van der Waals surface area contributed by atoms with Gasteiger partial charge in [-0.3, -0.25) is 15.0 Å². The maximum absolute atomic E-state index is 13.6. The second kappa shape index (κ2) is 8.06. The molecule has 34 heavy (non-hydrogen) atoms. The van der Waals surface area contributed by atoms with Crippen molar-refractivity contribution in [3.8, 4) is 11.5 Å². The first-order valence-electron chi connectivity index (χ1n) is 10.9. The van der Waals surface area contributed by atoms with Crippen molar-refractivity contribution < 1.29 is 23.9 Å². The third-order valence-electron chi connectivity index (χ3n) is 6.92. The Kier molecular flexibility index (Phi) is 5.16. The van der Waals surface area contributed by atoms with Crippen molar-refractivity contribution in [2.24, 2.45) is 0 Å². The third-order valence-corrected chi connectivity index (χ3v) is 6.92. The highest BCUT2D eigenvalue weighted by Gasteiger charge is 2.54. The van der Waals surface area contributed by atoms with Crippen LogP contribution in [-0.2, 0) is 23.3 Å². The number of ether oxygens (including phenoxy) is 3. The summed E-state index contributed by atoms with van der Waals surface area (Å²) in [6.45, 7) is 1.76. The lowest BCUT2D eigenvalue weighted by Crippen LogP contribution is -2.49. The fourth-order valence-corrected chi connectivity index (χ4v) is 5.38. The maximum atomic E-state index is 13.6. The molecule has 5 rings (SSSR count). The molecule has 2 aliphatic heterocycles. The number of amides is 1. The number of nitrogens with zero attached hydrogens (tertiary/aromatic N) is 2. The van der Waals surface area contributed by atoms with Gasteiger partial charge in [0.05, 0.1) is 42.4 Å². The number of carbonyl (C=O) groups excluding carboxylic acids is 1. The molecule has 2 atom stereocenters. The zero-order valence-electron chi connectivity index (χ0n) is 19.1. The third kappa shape index (κ3) is 3.09. The van der Waals surface area contributed by atoms with Crippen LogP contribution in [0.15, 0.2) is 60.7 Å². The lowest BCUT2D eigenvalue weighted by Gasteiger charge is -2.43. The molecular formula is C26H24N2O6. The molecule has 1 amide bonds. The van der Waals surface area contributed by atoms with Gasteiger partial charge in [0.25, 0.3) is 5.69 Å². The summed E-state index contributed by atoms with van der Waals surface area (Å²) in [6.07, 6.45) is 0.149. The number of rotatable bonds is 5. The molecule has 0 aliphatic carbocycles. The molecule has 0 aromatic heterocycles. The van der Waals surface area contributed by atoms with E-state index in [9.17, 15) is 14.9 Å². The van der Waals surface area contributed by atoms with E-state index in [1.165, 1.54) is 31.9 Å². The first-order valence-corrected chi connectivity index (χ1v) is 10.9. The number of nitro groups is 1. The lowest BCUT2D eigenvalue weighted by atomic mass is 9.81. The van der Waals surface area contributed by atoms with E-state index in [0.29, 0.717) is 12.2 Å². The van der Waals surface area contributed by atoms with Crippen LogP contribution in [0.1, 0.15) is 40.8 Å². The molecule has 3 aromatic rings. The predicted molar refractivity (Wildman–Crippen MR) is 124 cm³/mol. The summed E-state index contributed by atoms with van der Waals surface area (Å²) in [6, 6.07) is 18.8. The summed E-state index contributed by atoms with van der Waals surface area (Å²) in [7, 11) is 2.85. The van der Waals surface area contributed by atoms with Gasteiger partial charge in [0.1, 0.15) is 6.61 Å².